The predicted octanol–water partition coefficient (Wildman–Crippen LogP) is 2.91. The normalized spacial score (nSPS) is 11.1. The summed E-state index contributed by atoms with van der Waals surface area (Å²) < 4.78 is 5.20. The third-order valence-corrected chi connectivity index (χ3v) is 2.90. The average molecular weight is 212 g/mol. The van der Waals surface area contributed by atoms with Crippen LogP contribution >= 0.6 is 0 Å². The zero-order valence-electron chi connectivity index (χ0n) is 8.95. The van der Waals surface area contributed by atoms with Gasteiger partial charge in [0.1, 0.15) is 5.75 Å². The van der Waals surface area contributed by atoms with Crippen LogP contribution in [0.5, 0.6) is 5.75 Å². The van der Waals surface area contributed by atoms with Gasteiger partial charge in [-0.25, -0.2) is 0 Å². The number of H-pyrrole nitrogens is 1. The zero-order valence-corrected chi connectivity index (χ0v) is 8.95. The molecule has 0 saturated heterocycles. The SMILES string of the molecule is COc1ccc2c([nH]c3ccccc32)c1N. The highest BCUT2D eigenvalue weighted by Crippen LogP contribution is 2.34. The summed E-state index contributed by atoms with van der Waals surface area (Å²) in [6.07, 6.45) is 0. The van der Waals surface area contributed by atoms with Gasteiger partial charge >= 0.3 is 0 Å². The quantitative estimate of drug-likeness (QED) is 0.609. The van der Waals surface area contributed by atoms with Crippen molar-refractivity contribution in [1.82, 2.24) is 4.98 Å². The molecule has 0 aliphatic carbocycles. The number of benzene rings is 2. The summed E-state index contributed by atoms with van der Waals surface area (Å²) in [5.74, 6) is 0.707. The van der Waals surface area contributed by atoms with Crippen LogP contribution in [0.3, 0.4) is 0 Å². The molecule has 0 spiro atoms. The lowest BCUT2D eigenvalue weighted by Gasteiger charge is -2.04. The summed E-state index contributed by atoms with van der Waals surface area (Å²) in [6.45, 7) is 0. The smallest absolute Gasteiger partial charge is 0.143 e. The largest absolute Gasteiger partial charge is 0.495 e. The molecular formula is C13H12N2O. The van der Waals surface area contributed by atoms with Gasteiger partial charge in [0.25, 0.3) is 0 Å². The van der Waals surface area contributed by atoms with Crippen molar-refractivity contribution >= 4 is 27.5 Å². The molecule has 16 heavy (non-hydrogen) atoms. The third kappa shape index (κ3) is 1.08. The van der Waals surface area contributed by atoms with Gasteiger partial charge in [-0.2, -0.15) is 0 Å². The molecular weight excluding hydrogens is 200 g/mol. The topological polar surface area (TPSA) is 51.0 Å². The number of aromatic nitrogens is 1. The van der Waals surface area contributed by atoms with E-state index < -0.39 is 0 Å². The summed E-state index contributed by atoms with van der Waals surface area (Å²) in [7, 11) is 1.63. The molecule has 0 aliphatic heterocycles. The minimum absolute atomic E-state index is 0.663. The number of methoxy groups -OCH3 is 1. The van der Waals surface area contributed by atoms with Crippen molar-refractivity contribution in [2.24, 2.45) is 0 Å². The van der Waals surface area contributed by atoms with Crippen LogP contribution in [0, 0.1) is 0 Å². The first-order chi connectivity index (χ1) is 7.81. The third-order valence-electron chi connectivity index (χ3n) is 2.90. The standard InChI is InChI=1S/C13H12N2O/c1-16-11-7-6-9-8-4-2-3-5-10(8)15-13(9)12(11)14/h2-7,15H,14H2,1H3. The maximum Gasteiger partial charge on any atom is 0.143 e. The molecule has 0 fully saturated rings. The van der Waals surface area contributed by atoms with Crippen molar-refractivity contribution in [3.63, 3.8) is 0 Å². The van der Waals surface area contributed by atoms with Crippen molar-refractivity contribution in [3.05, 3.63) is 36.4 Å². The van der Waals surface area contributed by atoms with E-state index in [2.05, 4.69) is 11.1 Å². The molecule has 1 aromatic heterocycles. The fraction of sp³-hybridized carbons (Fsp3) is 0.0769. The maximum absolute atomic E-state index is 6.04. The van der Waals surface area contributed by atoms with Crippen molar-refractivity contribution < 1.29 is 4.74 Å². The molecule has 1 heterocycles. The number of para-hydroxylation sites is 1. The Morgan fingerprint density at radius 1 is 1.06 bits per heavy atom. The number of anilines is 1. The average Bonchev–Trinajstić information content (AvgIpc) is 2.69. The first-order valence-electron chi connectivity index (χ1n) is 5.14. The highest BCUT2D eigenvalue weighted by Gasteiger charge is 2.09. The van der Waals surface area contributed by atoms with Gasteiger partial charge in [0, 0.05) is 16.3 Å². The van der Waals surface area contributed by atoms with Crippen LogP contribution in [0.15, 0.2) is 36.4 Å². The molecule has 0 bridgehead atoms. The van der Waals surface area contributed by atoms with E-state index in [9.17, 15) is 0 Å². The fourth-order valence-electron chi connectivity index (χ4n) is 2.10. The van der Waals surface area contributed by atoms with Crippen LogP contribution < -0.4 is 10.5 Å². The van der Waals surface area contributed by atoms with E-state index in [1.165, 1.54) is 5.39 Å². The molecule has 0 aliphatic rings. The van der Waals surface area contributed by atoms with Gasteiger partial charge in [-0.3, -0.25) is 0 Å². The van der Waals surface area contributed by atoms with E-state index in [1.807, 2.05) is 30.3 Å². The first-order valence-corrected chi connectivity index (χ1v) is 5.14. The number of ether oxygens (including phenoxy) is 1. The van der Waals surface area contributed by atoms with E-state index in [-0.39, 0.29) is 0 Å². The molecule has 3 heteroatoms. The molecule has 3 aromatic rings. The van der Waals surface area contributed by atoms with Gasteiger partial charge in [0.15, 0.2) is 0 Å². The second-order valence-corrected chi connectivity index (χ2v) is 3.77. The van der Waals surface area contributed by atoms with E-state index in [1.54, 1.807) is 7.11 Å². The highest BCUT2D eigenvalue weighted by molar-refractivity contribution is 6.11. The minimum atomic E-state index is 0.663. The second kappa shape index (κ2) is 3.17. The minimum Gasteiger partial charge on any atom is -0.495 e. The van der Waals surface area contributed by atoms with Gasteiger partial charge in [-0.15, -0.1) is 0 Å². The van der Waals surface area contributed by atoms with Crippen molar-refractivity contribution in [3.8, 4) is 5.75 Å². The first kappa shape index (κ1) is 9.09. The molecule has 80 valence electrons. The number of hydrogen-bond acceptors (Lipinski definition) is 2. The lowest BCUT2D eigenvalue weighted by atomic mass is 10.1. The Bertz CT molecular complexity index is 670. The number of hydrogen-bond donors (Lipinski definition) is 2. The highest BCUT2D eigenvalue weighted by atomic mass is 16.5. The predicted molar refractivity (Wildman–Crippen MR) is 66.8 cm³/mol. The lowest BCUT2D eigenvalue weighted by molar-refractivity contribution is 0.417. The molecule has 0 atom stereocenters. The molecule has 3 nitrogen and oxygen atoms in total. The van der Waals surface area contributed by atoms with Gasteiger partial charge < -0.3 is 15.5 Å². The number of aromatic amines is 1. The van der Waals surface area contributed by atoms with Gasteiger partial charge in [0.2, 0.25) is 0 Å². The van der Waals surface area contributed by atoms with Crippen LogP contribution in [0.25, 0.3) is 21.8 Å². The van der Waals surface area contributed by atoms with E-state index in [4.69, 9.17) is 10.5 Å². The maximum atomic E-state index is 6.04. The Morgan fingerprint density at radius 3 is 2.69 bits per heavy atom. The molecule has 0 radical (unpaired) electrons. The Hall–Kier alpha value is -2.16. The summed E-state index contributed by atoms with van der Waals surface area (Å²) in [6, 6.07) is 12.1. The van der Waals surface area contributed by atoms with Crippen molar-refractivity contribution in [1.29, 1.82) is 0 Å². The molecule has 0 saturated carbocycles. The molecule has 3 rings (SSSR count). The lowest BCUT2D eigenvalue weighted by Crippen LogP contribution is -1.92. The summed E-state index contributed by atoms with van der Waals surface area (Å²) in [5.41, 5.74) is 8.74. The van der Waals surface area contributed by atoms with Crippen LogP contribution in [-0.2, 0) is 0 Å². The van der Waals surface area contributed by atoms with Crippen LogP contribution in [-0.4, -0.2) is 12.1 Å². The van der Waals surface area contributed by atoms with Gasteiger partial charge in [-0.1, -0.05) is 18.2 Å². The Kier molecular flexibility index (Phi) is 1.80. The fourth-order valence-corrected chi connectivity index (χ4v) is 2.10. The number of nitrogens with two attached hydrogens (primary N) is 1. The van der Waals surface area contributed by atoms with Crippen molar-refractivity contribution in [2.45, 2.75) is 0 Å². The Morgan fingerprint density at radius 2 is 1.88 bits per heavy atom. The molecule has 2 aromatic carbocycles. The summed E-state index contributed by atoms with van der Waals surface area (Å²) >= 11 is 0. The number of rotatable bonds is 1. The van der Waals surface area contributed by atoms with E-state index >= 15 is 0 Å². The van der Waals surface area contributed by atoms with Crippen LogP contribution in [0.1, 0.15) is 0 Å². The monoisotopic (exact) mass is 212 g/mol. The van der Waals surface area contributed by atoms with Gasteiger partial charge in [0.05, 0.1) is 18.3 Å². The van der Waals surface area contributed by atoms with Crippen molar-refractivity contribution in [2.75, 3.05) is 12.8 Å². The molecule has 0 amide bonds. The number of nitrogens with one attached hydrogen (secondary N) is 1. The summed E-state index contributed by atoms with van der Waals surface area (Å²) in [4.78, 5) is 3.32. The summed E-state index contributed by atoms with van der Waals surface area (Å²) in [5, 5.41) is 2.32. The van der Waals surface area contributed by atoms with Crippen LogP contribution in [0.2, 0.25) is 0 Å². The van der Waals surface area contributed by atoms with E-state index in [0.29, 0.717) is 11.4 Å². The molecule has 0 unspecified atom stereocenters. The van der Waals surface area contributed by atoms with Crippen LogP contribution in [0.4, 0.5) is 5.69 Å². The van der Waals surface area contributed by atoms with E-state index in [0.717, 1.165) is 16.4 Å². The number of nitrogen functional groups attached to an aromatic ring is 1. The Balaban J connectivity index is 2.49. The zero-order chi connectivity index (χ0) is 11.1. The Labute approximate surface area is 92.8 Å². The van der Waals surface area contributed by atoms with Gasteiger partial charge in [-0.05, 0) is 18.2 Å². The second-order valence-electron chi connectivity index (χ2n) is 3.77. The number of fused-ring (bicyclic) bond motifs is 3. The molecule has 3 N–H and O–H groups in total.